The van der Waals surface area contributed by atoms with Crippen LogP contribution in [-0.4, -0.2) is 23.8 Å². The molecule has 0 saturated heterocycles. The third-order valence-corrected chi connectivity index (χ3v) is 9.00. The number of aliphatic imine (C=N–C) groups is 1. The zero-order valence-electron chi connectivity index (χ0n) is 16.8. The van der Waals surface area contributed by atoms with Crippen LogP contribution in [0, 0.1) is 0 Å². The van der Waals surface area contributed by atoms with Gasteiger partial charge < -0.3 is 4.74 Å². The highest BCUT2D eigenvalue weighted by Crippen LogP contribution is 2.46. The molecule has 1 atom stereocenters. The number of fused-ring (bicyclic) bond motifs is 2. The molecule has 1 unspecified atom stereocenters. The van der Waals surface area contributed by atoms with Gasteiger partial charge in [0.1, 0.15) is 11.3 Å². The van der Waals surface area contributed by atoms with Gasteiger partial charge in [-0.25, -0.2) is 4.99 Å². The van der Waals surface area contributed by atoms with Crippen molar-refractivity contribution in [1.29, 1.82) is 0 Å². The standard InChI is InChI=1S/C23H30NOS2/c1-5-7-16-25-18(3)24-23(4,6-2)17-27-21-14-10-8-12-19(21)26-20-13-9-11-15-22(20)27/h8-15H,5-7,16-17H2,1-4H3/q+1. The molecule has 0 amide bonds. The summed E-state index contributed by atoms with van der Waals surface area (Å²) in [7, 11) is 0.0289. The molecule has 0 bridgehead atoms. The Morgan fingerprint density at radius 3 is 2.19 bits per heavy atom. The van der Waals surface area contributed by atoms with Gasteiger partial charge in [-0.3, -0.25) is 0 Å². The minimum atomic E-state index is -0.123. The molecule has 0 saturated carbocycles. The summed E-state index contributed by atoms with van der Waals surface area (Å²) in [5.41, 5.74) is -0.123. The molecule has 0 radical (unpaired) electrons. The first-order valence-corrected chi connectivity index (χ1v) is 12.0. The van der Waals surface area contributed by atoms with E-state index in [0.29, 0.717) is 0 Å². The zero-order chi connectivity index (χ0) is 19.3. The SMILES string of the molecule is CCCCOC(C)=NC(C)(CC)C[S+]1c2ccccc2Sc2ccccc21. The number of benzene rings is 2. The molecule has 144 valence electrons. The van der Waals surface area contributed by atoms with Crippen molar-refractivity contribution in [2.75, 3.05) is 12.4 Å². The second kappa shape index (κ2) is 9.20. The van der Waals surface area contributed by atoms with Gasteiger partial charge in [-0.05, 0) is 44.0 Å². The molecule has 0 fully saturated rings. The van der Waals surface area contributed by atoms with Crippen molar-refractivity contribution >= 4 is 28.6 Å². The molecule has 0 spiro atoms. The van der Waals surface area contributed by atoms with Gasteiger partial charge in [-0.1, -0.05) is 56.3 Å². The zero-order valence-corrected chi connectivity index (χ0v) is 18.5. The van der Waals surface area contributed by atoms with Crippen LogP contribution in [0.3, 0.4) is 0 Å². The van der Waals surface area contributed by atoms with Gasteiger partial charge in [0.05, 0.1) is 27.3 Å². The molecule has 3 rings (SSSR count). The van der Waals surface area contributed by atoms with E-state index in [1.54, 1.807) is 0 Å². The summed E-state index contributed by atoms with van der Waals surface area (Å²) in [4.78, 5) is 10.7. The summed E-state index contributed by atoms with van der Waals surface area (Å²) in [6.07, 6.45) is 3.23. The van der Waals surface area contributed by atoms with Crippen LogP contribution in [0.2, 0.25) is 0 Å². The van der Waals surface area contributed by atoms with Gasteiger partial charge in [0.2, 0.25) is 0 Å². The van der Waals surface area contributed by atoms with Crippen LogP contribution in [0.5, 0.6) is 0 Å². The van der Waals surface area contributed by atoms with E-state index in [2.05, 4.69) is 69.3 Å². The van der Waals surface area contributed by atoms with Gasteiger partial charge >= 0.3 is 0 Å². The highest BCUT2D eigenvalue weighted by molar-refractivity contribution is 8.04. The monoisotopic (exact) mass is 400 g/mol. The van der Waals surface area contributed by atoms with Crippen LogP contribution in [-0.2, 0) is 15.6 Å². The van der Waals surface area contributed by atoms with Gasteiger partial charge in [0.15, 0.2) is 15.7 Å². The first-order chi connectivity index (χ1) is 13.1. The second-order valence-corrected chi connectivity index (χ2v) is 10.2. The lowest BCUT2D eigenvalue weighted by molar-refractivity contribution is 0.287. The summed E-state index contributed by atoms with van der Waals surface area (Å²) < 4.78 is 5.86. The van der Waals surface area contributed by atoms with Gasteiger partial charge in [-0.2, -0.15) is 0 Å². The Labute approximate surface area is 171 Å². The van der Waals surface area contributed by atoms with E-state index in [-0.39, 0.29) is 16.4 Å². The molecule has 2 aromatic carbocycles. The number of rotatable bonds is 7. The number of hydrogen-bond acceptors (Lipinski definition) is 3. The Morgan fingerprint density at radius 1 is 1.04 bits per heavy atom. The highest BCUT2D eigenvalue weighted by atomic mass is 32.2. The molecule has 27 heavy (non-hydrogen) atoms. The first kappa shape index (κ1) is 20.3. The number of unbranched alkanes of at least 4 members (excludes halogenated alkanes) is 1. The molecule has 0 N–H and O–H groups in total. The molecular weight excluding hydrogens is 370 g/mol. The van der Waals surface area contributed by atoms with Crippen LogP contribution >= 0.6 is 11.8 Å². The maximum absolute atomic E-state index is 5.86. The van der Waals surface area contributed by atoms with Crippen LogP contribution < -0.4 is 0 Å². The average molecular weight is 401 g/mol. The van der Waals surface area contributed by atoms with Crippen molar-refractivity contribution in [3.8, 4) is 0 Å². The summed E-state index contributed by atoms with van der Waals surface area (Å²) in [5.74, 6) is 1.84. The van der Waals surface area contributed by atoms with Crippen molar-refractivity contribution in [2.45, 2.75) is 72.1 Å². The first-order valence-electron chi connectivity index (χ1n) is 9.82. The van der Waals surface area contributed by atoms with Gasteiger partial charge in [0, 0.05) is 6.92 Å². The molecule has 2 aromatic rings. The van der Waals surface area contributed by atoms with Crippen molar-refractivity contribution < 1.29 is 4.74 Å². The van der Waals surface area contributed by atoms with Crippen LogP contribution in [0.15, 0.2) is 73.1 Å². The molecule has 1 aliphatic rings. The lowest BCUT2D eigenvalue weighted by Gasteiger charge is -2.27. The maximum Gasteiger partial charge on any atom is 0.180 e. The van der Waals surface area contributed by atoms with E-state index in [9.17, 15) is 0 Å². The molecule has 1 heterocycles. The minimum Gasteiger partial charge on any atom is -0.481 e. The smallest absolute Gasteiger partial charge is 0.180 e. The van der Waals surface area contributed by atoms with E-state index in [1.807, 2.05) is 18.7 Å². The van der Waals surface area contributed by atoms with Gasteiger partial charge in [-0.15, -0.1) is 0 Å². The molecule has 0 aromatic heterocycles. The third kappa shape index (κ3) is 4.91. The lowest BCUT2D eigenvalue weighted by Crippen LogP contribution is -2.34. The summed E-state index contributed by atoms with van der Waals surface area (Å²) in [6, 6.07) is 17.7. The van der Waals surface area contributed by atoms with Crippen LogP contribution in [0.1, 0.15) is 47.0 Å². The second-order valence-electron chi connectivity index (χ2n) is 7.21. The Balaban J connectivity index is 1.90. The highest BCUT2D eigenvalue weighted by Gasteiger charge is 2.41. The number of nitrogens with zero attached hydrogens (tertiary/aromatic N) is 1. The average Bonchev–Trinajstić information content (AvgIpc) is 2.68. The van der Waals surface area contributed by atoms with Crippen LogP contribution in [0.25, 0.3) is 0 Å². The predicted molar refractivity (Wildman–Crippen MR) is 118 cm³/mol. The molecule has 2 nitrogen and oxygen atoms in total. The molecule has 4 heteroatoms. The molecule has 1 aliphatic heterocycles. The third-order valence-electron chi connectivity index (χ3n) is 4.90. The molecule has 0 aliphatic carbocycles. The largest absolute Gasteiger partial charge is 0.481 e. The Morgan fingerprint density at radius 2 is 1.63 bits per heavy atom. The van der Waals surface area contributed by atoms with E-state index >= 15 is 0 Å². The Kier molecular flexibility index (Phi) is 6.93. The predicted octanol–water partition coefficient (Wildman–Crippen LogP) is 6.59. The van der Waals surface area contributed by atoms with E-state index in [1.165, 1.54) is 19.6 Å². The fourth-order valence-electron chi connectivity index (χ4n) is 3.17. The molecular formula is C23H30NOS2+. The van der Waals surface area contributed by atoms with Gasteiger partial charge in [0.25, 0.3) is 0 Å². The van der Waals surface area contributed by atoms with E-state index in [4.69, 9.17) is 9.73 Å². The van der Waals surface area contributed by atoms with Crippen LogP contribution in [0.4, 0.5) is 0 Å². The quantitative estimate of drug-likeness (QED) is 0.226. The summed E-state index contributed by atoms with van der Waals surface area (Å²) >= 11 is 1.89. The Bertz CT molecular complexity index is 759. The van der Waals surface area contributed by atoms with Crippen molar-refractivity contribution in [2.24, 2.45) is 4.99 Å². The van der Waals surface area contributed by atoms with E-state index < -0.39 is 0 Å². The maximum atomic E-state index is 5.86. The number of ether oxygens (including phenoxy) is 1. The summed E-state index contributed by atoms with van der Waals surface area (Å²) in [6.45, 7) is 9.47. The van der Waals surface area contributed by atoms with Crippen molar-refractivity contribution in [3.63, 3.8) is 0 Å². The topological polar surface area (TPSA) is 21.6 Å². The lowest BCUT2D eigenvalue weighted by atomic mass is 10.0. The van der Waals surface area contributed by atoms with E-state index in [0.717, 1.165) is 37.5 Å². The van der Waals surface area contributed by atoms with Crippen molar-refractivity contribution in [3.05, 3.63) is 48.5 Å². The fraction of sp³-hybridized carbons (Fsp3) is 0.435. The Hall–Kier alpha value is -1.39. The summed E-state index contributed by atoms with van der Waals surface area (Å²) in [5, 5.41) is 0. The minimum absolute atomic E-state index is 0.0289. The normalized spacial score (nSPS) is 16.4. The number of hydrogen-bond donors (Lipinski definition) is 0. The fourth-order valence-corrected chi connectivity index (χ4v) is 7.44. The van der Waals surface area contributed by atoms with Crippen molar-refractivity contribution in [1.82, 2.24) is 0 Å².